The average Bonchev–Trinajstić information content (AvgIpc) is 3.17. The molecule has 1 N–H and O–H groups in total. The van der Waals surface area contributed by atoms with Crippen LogP contribution in [0.4, 0.5) is 11.4 Å². The van der Waals surface area contributed by atoms with E-state index in [4.69, 9.17) is 0 Å². The summed E-state index contributed by atoms with van der Waals surface area (Å²) >= 11 is 1.85. The number of carbonyl (C=O) groups excluding carboxylic acids is 1. The summed E-state index contributed by atoms with van der Waals surface area (Å²) < 4.78 is 1.38. The minimum atomic E-state index is 0.133. The van der Waals surface area contributed by atoms with Gasteiger partial charge in [0.05, 0.1) is 5.69 Å². The van der Waals surface area contributed by atoms with E-state index in [1.165, 1.54) is 26.9 Å². The second kappa shape index (κ2) is 7.81. The SMILES string of the molecule is CC1CC(=O)Nc2ccc(CCN3CCN(c4csc5ccccc45)CC3)cc21. The first-order valence-corrected chi connectivity index (χ1v) is 11.4. The highest BCUT2D eigenvalue weighted by atomic mass is 32.1. The Bertz CT molecular complexity index is 1040. The molecule has 1 saturated heterocycles. The molecule has 1 unspecified atom stereocenters. The van der Waals surface area contributed by atoms with Crippen LogP contribution >= 0.6 is 11.3 Å². The Kier molecular flexibility index (Phi) is 5.02. The van der Waals surface area contributed by atoms with Crippen molar-refractivity contribution in [1.29, 1.82) is 0 Å². The first kappa shape index (κ1) is 18.6. The largest absolute Gasteiger partial charge is 0.368 e. The molecule has 2 aliphatic rings. The molecule has 5 rings (SSSR count). The van der Waals surface area contributed by atoms with Gasteiger partial charge in [-0.2, -0.15) is 0 Å². The maximum atomic E-state index is 11.7. The molecule has 3 aromatic rings. The van der Waals surface area contributed by atoms with Crippen molar-refractivity contribution in [3.05, 3.63) is 59.0 Å². The number of anilines is 2. The molecule has 0 bridgehead atoms. The Morgan fingerprint density at radius 3 is 2.79 bits per heavy atom. The van der Waals surface area contributed by atoms with Crippen LogP contribution in [0.2, 0.25) is 0 Å². The number of rotatable bonds is 4. The van der Waals surface area contributed by atoms with Gasteiger partial charge in [-0.25, -0.2) is 0 Å². The van der Waals surface area contributed by atoms with Crippen LogP contribution in [-0.4, -0.2) is 43.5 Å². The Morgan fingerprint density at radius 2 is 1.93 bits per heavy atom. The zero-order valence-electron chi connectivity index (χ0n) is 16.9. The van der Waals surface area contributed by atoms with Crippen LogP contribution in [0.3, 0.4) is 0 Å². The summed E-state index contributed by atoms with van der Waals surface area (Å²) in [6.45, 7) is 7.65. The Balaban J connectivity index is 1.19. The second-order valence-electron chi connectivity index (χ2n) is 8.27. The van der Waals surface area contributed by atoms with Gasteiger partial charge in [0.15, 0.2) is 0 Å². The van der Waals surface area contributed by atoms with Crippen molar-refractivity contribution in [2.24, 2.45) is 0 Å². The molecule has 3 heterocycles. The summed E-state index contributed by atoms with van der Waals surface area (Å²) in [5.74, 6) is 0.441. The molecule has 0 radical (unpaired) electrons. The third-order valence-electron chi connectivity index (χ3n) is 6.30. The molecule has 1 aromatic heterocycles. The summed E-state index contributed by atoms with van der Waals surface area (Å²) in [5, 5.41) is 6.70. The number of nitrogens with zero attached hydrogens (tertiary/aromatic N) is 2. The van der Waals surface area contributed by atoms with Gasteiger partial charge in [-0.05, 0) is 35.6 Å². The van der Waals surface area contributed by atoms with E-state index in [0.29, 0.717) is 12.3 Å². The van der Waals surface area contributed by atoms with Gasteiger partial charge in [-0.15, -0.1) is 11.3 Å². The lowest BCUT2D eigenvalue weighted by atomic mass is 9.90. The van der Waals surface area contributed by atoms with Crippen LogP contribution in [0.25, 0.3) is 10.1 Å². The van der Waals surface area contributed by atoms with Crippen molar-refractivity contribution in [2.45, 2.75) is 25.7 Å². The highest BCUT2D eigenvalue weighted by Crippen LogP contribution is 2.34. The monoisotopic (exact) mass is 405 g/mol. The molecule has 1 amide bonds. The molecule has 0 saturated carbocycles. The molecule has 0 aliphatic carbocycles. The molecule has 2 aromatic carbocycles. The summed E-state index contributed by atoms with van der Waals surface area (Å²) in [6.07, 6.45) is 1.66. The van der Waals surface area contributed by atoms with Gasteiger partial charge in [0, 0.05) is 60.3 Å². The average molecular weight is 406 g/mol. The Morgan fingerprint density at radius 1 is 1.10 bits per heavy atom. The van der Waals surface area contributed by atoms with Gasteiger partial charge < -0.3 is 10.2 Å². The normalized spacial score (nSPS) is 20.0. The van der Waals surface area contributed by atoms with Crippen molar-refractivity contribution in [3.63, 3.8) is 0 Å². The van der Waals surface area contributed by atoms with Gasteiger partial charge in [-0.3, -0.25) is 9.69 Å². The van der Waals surface area contributed by atoms with Crippen LogP contribution < -0.4 is 10.2 Å². The lowest BCUT2D eigenvalue weighted by molar-refractivity contribution is -0.116. The third kappa shape index (κ3) is 3.77. The van der Waals surface area contributed by atoms with Crippen LogP contribution in [0.1, 0.15) is 30.4 Å². The molecule has 29 heavy (non-hydrogen) atoms. The van der Waals surface area contributed by atoms with Gasteiger partial charge in [0.1, 0.15) is 0 Å². The first-order valence-electron chi connectivity index (χ1n) is 10.5. The fourth-order valence-electron chi connectivity index (χ4n) is 4.59. The molecule has 0 spiro atoms. The number of fused-ring (bicyclic) bond motifs is 2. The van der Waals surface area contributed by atoms with E-state index in [1.54, 1.807) is 0 Å². The zero-order chi connectivity index (χ0) is 19.8. The van der Waals surface area contributed by atoms with E-state index in [-0.39, 0.29) is 5.91 Å². The molecular formula is C24H27N3OS. The van der Waals surface area contributed by atoms with Crippen molar-refractivity contribution < 1.29 is 4.79 Å². The van der Waals surface area contributed by atoms with E-state index >= 15 is 0 Å². The molecule has 4 nitrogen and oxygen atoms in total. The lowest BCUT2D eigenvalue weighted by Gasteiger charge is -2.36. The topological polar surface area (TPSA) is 35.6 Å². The summed E-state index contributed by atoms with van der Waals surface area (Å²) in [5.41, 5.74) is 5.05. The summed E-state index contributed by atoms with van der Waals surface area (Å²) in [4.78, 5) is 16.8. The van der Waals surface area contributed by atoms with E-state index in [0.717, 1.165) is 44.8 Å². The van der Waals surface area contributed by atoms with Crippen molar-refractivity contribution in [3.8, 4) is 0 Å². The van der Waals surface area contributed by atoms with Crippen LogP contribution in [-0.2, 0) is 11.2 Å². The van der Waals surface area contributed by atoms with Crippen molar-refractivity contribution in [1.82, 2.24) is 4.90 Å². The molecule has 2 aliphatic heterocycles. The Labute approximate surface area is 176 Å². The second-order valence-corrected chi connectivity index (χ2v) is 9.18. The lowest BCUT2D eigenvalue weighted by Crippen LogP contribution is -2.46. The Hall–Kier alpha value is -2.37. The number of hydrogen-bond donors (Lipinski definition) is 1. The molecule has 5 heteroatoms. The number of benzene rings is 2. The molecular weight excluding hydrogens is 378 g/mol. The summed E-state index contributed by atoms with van der Waals surface area (Å²) in [7, 11) is 0. The smallest absolute Gasteiger partial charge is 0.224 e. The highest BCUT2D eigenvalue weighted by molar-refractivity contribution is 7.17. The third-order valence-corrected chi connectivity index (χ3v) is 7.25. The molecule has 1 atom stereocenters. The minimum absolute atomic E-state index is 0.133. The van der Waals surface area contributed by atoms with Gasteiger partial charge in [0.2, 0.25) is 5.91 Å². The number of hydrogen-bond acceptors (Lipinski definition) is 4. The number of nitrogens with one attached hydrogen (secondary N) is 1. The van der Waals surface area contributed by atoms with E-state index in [2.05, 4.69) is 69.9 Å². The van der Waals surface area contributed by atoms with Crippen LogP contribution in [0.15, 0.2) is 47.8 Å². The van der Waals surface area contributed by atoms with Crippen molar-refractivity contribution in [2.75, 3.05) is 42.9 Å². The highest BCUT2D eigenvalue weighted by Gasteiger charge is 2.22. The first-order chi connectivity index (χ1) is 14.2. The number of piperazine rings is 1. The zero-order valence-corrected chi connectivity index (χ0v) is 17.7. The minimum Gasteiger partial charge on any atom is -0.368 e. The number of amides is 1. The molecule has 150 valence electrons. The predicted octanol–water partition coefficient (Wildman–Crippen LogP) is 4.71. The van der Waals surface area contributed by atoms with Crippen LogP contribution in [0.5, 0.6) is 0 Å². The van der Waals surface area contributed by atoms with Gasteiger partial charge in [0.25, 0.3) is 0 Å². The van der Waals surface area contributed by atoms with Crippen LogP contribution in [0, 0.1) is 0 Å². The summed E-state index contributed by atoms with van der Waals surface area (Å²) in [6, 6.07) is 15.3. The molecule has 1 fully saturated rings. The maximum Gasteiger partial charge on any atom is 0.224 e. The number of carbonyl (C=O) groups is 1. The fraction of sp³-hybridized carbons (Fsp3) is 0.375. The maximum absolute atomic E-state index is 11.7. The number of thiophene rings is 1. The van der Waals surface area contributed by atoms with E-state index in [1.807, 2.05) is 11.3 Å². The van der Waals surface area contributed by atoms with Gasteiger partial charge >= 0.3 is 0 Å². The van der Waals surface area contributed by atoms with Crippen molar-refractivity contribution >= 4 is 38.7 Å². The fourth-order valence-corrected chi connectivity index (χ4v) is 5.56. The van der Waals surface area contributed by atoms with E-state index in [9.17, 15) is 4.79 Å². The van der Waals surface area contributed by atoms with E-state index < -0.39 is 0 Å². The predicted molar refractivity (Wildman–Crippen MR) is 122 cm³/mol. The van der Waals surface area contributed by atoms with Gasteiger partial charge in [-0.1, -0.05) is 37.3 Å². The standard InChI is InChI=1S/C24H27N3OS/c1-17-14-24(28)25-21-7-6-18(15-20(17)21)8-9-26-10-12-27(13-11-26)22-16-29-23-5-3-2-4-19(22)23/h2-7,15-17H,8-14H2,1H3,(H,25,28). The quantitative estimate of drug-likeness (QED) is 0.683.